The first-order chi connectivity index (χ1) is 9.40. The number of anilines is 1. The molecule has 0 aliphatic heterocycles. The van der Waals surface area contributed by atoms with Crippen LogP contribution in [0.3, 0.4) is 0 Å². The Morgan fingerprint density at radius 1 is 1.30 bits per heavy atom. The van der Waals surface area contributed by atoms with Crippen molar-refractivity contribution in [2.75, 3.05) is 5.32 Å². The van der Waals surface area contributed by atoms with E-state index >= 15 is 0 Å². The molecule has 0 bridgehead atoms. The monoisotopic (exact) mass is 311 g/mol. The molecule has 20 heavy (non-hydrogen) atoms. The third kappa shape index (κ3) is 2.78. The molecule has 2 aromatic rings. The van der Waals surface area contributed by atoms with Crippen LogP contribution in [0.15, 0.2) is 12.1 Å². The Bertz CT molecular complexity index is 682. The lowest BCUT2D eigenvalue weighted by Gasteiger charge is -2.03. The number of rotatable bonds is 3. The van der Waals surface area contributed by atoms with Gasteiger partial charge < -0.3 is 10.4 Å². The van der Waals surface area contributed by atoms with Crippen LogP contribution in [-0.4, -0.2) is 27.2 Å². The summed E-state index contributed by atoms with van der Waals surface area (Å²) in [5.74, 6) is -1.61. The van der Waals surface area contributed by atoms with Gasteiger partial charge in [0.25, 0.3) is 5.91 Å². The number of carbonyl (C=O) groups is 2. The number of aromatic carboxylic acids is 1. The number of thiophene rings is 1. The van der Waals surface area contributed by atoms with Crippen LogP contribution in [0.25, 0.3) is 0 Å². The molecule has 1 amide bonds. The fourth-order valence-corrected chi connectivity index (χ4v) is 2.73. The quantitative estimate of drug-likeness (QED) is 0.909. The molecular weight excluding hydrogens is 302 g/mol. The number of carboxylic acid groups (broad SMARTS) is 1. The number of hydrogen-bond acceptors (Lipinski definition) is 5. The zero-order chi connectivity index (χ0) is 14.9. The molecule has 0 unspecified atom stereocenters. The van der Waals surface area contributed by atoms with Crippen molar-refractivity contribution in [1.82, 2.24) is 10.2 Å². The first kappa shape index (κ1) is 14.4. The predicted octanol–water partition coefficient (Wildman–Crippen LogP) is 2.76. The van der Waals surface area contributed by atoms with Crippen molar-refractivity contribution >= 4 is 39.8 Å². The van der Waals surface area contributed by atoms with E-state index < -0.39 is 11.9 Å². The summed E-state index contributed by atoms with van der Waals surface area (Å²) in [6.45, 7) is 3.50. The van der Waals surface area contributed by atoms with E-state index in [-0.39, 0.29) is 21.4 Å². The number of carboxylic acids is 1. The van der Waals surface area contributed by atoms with Gasteiger partial charge >= 0.3 is 5.97 Å². The highest BCUT2D eigenvalue weighted by Gasteiger charge is 2.21. The molecule has 2 heterocycles. The van der Waals surface area contributed by atoms with Crippen molar-refractivity contribution in [2.24, 2.45) is 0 Å². The van der Waals surface area contributed by atoms with E-state index in [1.54, 1.807) is 13.8 Å². The van der Waals surface area contributed by atoms with E-state index in [1.807, 2.05) is 0 Å². The van der Waals surface area contributed by atoms with E-state index in [2.05, 4.69) is 15.5 Å². The Balaban J connectivity index is 2.30. The molecule has 2 N–H and O–H groups in total. The van der Waals surface area contributed by atoms with Crippen LogP contribution in [0.1, 0.15) is 31.3 Å². The van der Waals surface area contributed by atoms with Crippen LogP contribution in [-0.2, 0) is 0 Å². The summed E-state index contributed by atoms with van der Waals surface area (Å²) in [7, 11) is 0. The number of nitrogens with one attached hydrogen (secondary N) is 1. The standard InChI is InChI=1S/C12H10ClN3O3S/c1-5-6(2)20-11(9(5)12(18)19)14-10(17)7-3-4-8(13)16-15-7/h3-4H,1-2H3,(H,14,17)(H,18,19). The maximum Gasteiger partial charge on any atom is 0.338 e. The molecule has 8 heteroatoms. The summed E-state index contributed by atoms with van der Waals surface area (Å²) in [6, 6.07) is 2.85. The second-order valence-electron chi connectivity index (χ2n) is 3.99. The summed E-state index contributed by atoms with van der Waals surface area (Å²) in [4.78, 5) is 24.0. The summed E-state index contributed by atoms with van der Waals surface area (Å²) in [6.07, 6.45) is 0. The third-order valence-corrected chi connectivity index (χ3v) is 4.02. The van der Waals surface area contributed by atoms with Gasteiger partial charge in [-0.3, -0.25) is 4.79 Å². The van der Waals surface area contributed by atoms with Gasteiger partial charge in [0.05, 0.1) is 5.56 Å². The largest absolute Gasteiger partial charge is 0.478 e. The van der Waals surface area contributed by atoms with E-state index in [0.29, 0.717) is 5.56 Å². The van der Waals surface area contributed by atoms with Gasteiger partial charge in [0, 0.05) is 4.88 Å². The van der Waals surface area contributed by atoms with Crippen molar-refractivity contribution in [3.63, 3.8) is 0 Å². The Kier molecular flexibility index (Phi) is 4.01. The van der Waals surface area contributed by atoms with Crippen LogP contribution in [0.2, 0.25) is 5.15 Å². The summed E-state index contributed by atoms with van der Waals surface area (Å²) in [5.41, 5.74) is 0.803. The molecule has 0 aromatic carbocycles. The van der Waals surface area contributed by atoms with Crippen molar-refractivity contribution in [1.29, 1.82) is 0 Å². The third-order valence-electron chi connectivity index (χ3n) is 2.69. The highest BCUT2D eigenvalue weighted by molar-refractivity contribution is 7.16. The lowest BCUT2D eigenvalue weighted by Crippen LogP contribution is -2.15. The van der Waals surface area contributed by atoms with Crippen molar-refractivity contribution in [3.8, 4) is 0 Å². The van der Waals surface area contributed by atoms with Gasteiger partial charge in [-0.25, -0.2) is 4.79 Å². The van der Waals surface area contributed by atoms with Gasteiger partial charge in [-0.2, -0.15) is 0 Å². The maximum atomic E-state index is 12.0. The molecule has 0 aliphatic carbocycles. The Hall–Kier alpha value is -1.99. The fourth-order valence-electron chi connectivity index (χ4n) is 1.58. The van der Waals surface area contributed by atoms with E-state index in [4.69, 9.17) is 11.6 Å². The van der Waals surface area contributed by atoms with Gasteiger partial charge in [0.15, 0.2) is 10.8 Å². The molecule has 0 spiro atoms. The highest BCUT2D eigenvalue weighted by atomic mass is 35.5. The molecular formula is C12H10ClN3O3S. The number of amides is 1. The van der Waals surface area contributed by atoms with Gasteiger partial charge in [-0.05, 0) is 31.5 Å². The average molecular weight is 312 g/mol. The normalized spacial score (nSPS) is 10.3. The molecule has 0 aliphatic rings. The van der Waals surface area contributed by atoms with Gasteiger partial charge in [-0.1, -0.05) is 11.6 Å². The number of nitrogens with zero attached hydrogens (tertiary/aromatic N) is 2. The zero-order valence-corrected chi connectivity index (χ0v) is 12.2. The van der Waals surface area contributed by atoms with Gasteiger partial charge in [0.1, 0.15) is 5.00 Å². The van der Waals surface area contributed by atoms with Gasteiger partial charge in [0.2, 0.25) is 0 Å². The molecule has 0 saturated carbocycles. The minimum absolute atomic E-state index is 0.0643. The van der Waals surface area contributed by atoms with Crippen LogP contribution in [0, 0.1) is 13.8 Å². The molecule has 0 radical (unpaired) electrons. The first-order valence-corrected chi connectivity index (χ1v) is 6.73. The lowest BCUT2D eigenvalue weighted by molar-refractivity contribution is 0.0697. The summed E-state index contributed by atoms with van der Waals surface area (Å²) >= 11 is 6.79. The van der Waals surface area contributed by atoms with Gasteiger partial charge in [-0.15, -0.1) is 21.5 Å². The number of carbonyl (C=O) groups excluding carboxylic acids is 1. The number of aryl methyl sites for hydroxylation is 1. The minimum Gasteiger partial charge on any atom is -0.478 e. The molecule has 104 valence electrons. The second-order valence-corrected chi connectivity index (χ2v) is 5.60. The Morgan fingerprint density at radius 3 is 2.55 bits per heavy atom. The first-order valence-electron chi connectivity index (χ1n) is 5.54. The lowest BCUT2D eigenvalue weighted by atomic mass is 10.1. The SMILES string of the molecule is Cc1sc(NC(=O)c2ccc(Cl)nn2)c(C(=O)O)c1C. The molecule has 2 rings (SSSR count). The zero-order valence-electron chi connectivity index (χ0n) is 10.6. The average Bonchev–Trinajstić information content (AvgIpc) is 2.65. The molecule has 0 atom stereocenters. The van der Waals surface area contributed by atoms with Crippen LogP contribution in [0.5, 0.6) is 0 Å². The Morgan fingerprint density at radius 2 is 2.00 bits per heavy atom. The summed E-state index contributed by atoms with van der Waals surface area (Å²) < 4.78 is 0. The molecule has 0 saturated heterocycles. The maximum absolute atomic E-state index is 12.0. The van der Waals surface area contributed by atoms with Crippen molar-refractivity contribution in [3.05, 3.63) is 39.0 Å². The van der Waals surface area contributed by atoms with Crippen LogP contribution < -0.4 is 5.32 Å². The molecule has 2 aromatic heterocycles. The van der Waals surface area contributed by atoms with Crippen LogP contribution in [0.4, 0.5) is 5.00 Å². The molecule has 0 fully saturated rings. The van der Waals surface area contributed by atoms with E-state index in [9.17, 15) is 14.7 Å². The van der Waals surface area contributed by atoms with Crippen LogP contribution >= 0.6 is 22.9 Å². The second kappa shape index (κ2) is 5.56. The number of aromatic nitrogens is 2. The van der Waals surface area contributed by atoms with Crippen molar-refractivity contribution in [2.45, 2.75) is 13.8 Å². The van der Waals surface area contributed by atoms with E-state index in [0.717, 1.165) is 4.88 Å². The smallest absolute Gasteiger partial charge is 0.338 e. The predicted molar refractivity (Wildman–Crippen MR) is 75.7 cm³/mol. The minimum atomic E-state index is -1.08. The van der Waals surface area contributed by atoms with Crippen molar-refractivity contribution < 1.29 is 14.7 Å². The topological polar surface area (TPSA) is 92.2 Å². The Labute approximate surface area is 123 Å². The van der Waals surface area contributed by atoms with E-state index in [1.165, 1.54) is 23.5 Å². The number of halogens is 1. The summed E-state index contributed by atoms with van der Waals surface area (Å²) in [5, 5.41) is 19.4. The molecule has 6 nitrogen and oxygen atoms in total. The highest BCUT2D eigenvalue weighted by Crippen LogP contribution is 2.32. The number of hydrogen-bond donors (Lipinski definition) is 2. The fraction of sp³-hybridized carbons (Fsp3) is 0.167.